The minimum atomic E-state index is -0.394. The third kappa shape index (κ3) is 5.57. The van der Waals surface area contributed by atoms with E-state index in [0.29, 0.717) is 18.6 Å². The molecule has 0 spiro atoms. The lowest BCUT2D eigenvalue weighted by Gasteiger charge is -1.99. The predicted molar refractivity (Wildman–Crippen MR) is 84.1 cm³/mol. The number of rotatable bonds is 4. The summed E-state index contributed by atoms with van der Waals surface area (Å²) in [6.07, 6.45) is 1.38. The van der Waals surface area contributed by atoms with Crippen LogP contribution in [-0.4, -0.2) is 10.7 Å². The Hall–Kier alpha value is -2.49. The molecule has 0 aliphatic heterocycles. The molecule has 0 unspecified atom stereocenters. The summed E-state index contributed by atoms with van der Waals surface area (Å²) in [6, 6.07) is 16.3. The average Bonchev–Trinajstić information content (AvgIpc) is 2.55. The Morgan fingerprint density at radius 1 is 0.905 bits per heavy atom. The summed E-state index contributed by atoms with van der Waals surface area (Å²) >= 11 is 0. The third-order valence-corrected chi connectivity index (χ3v) is 2.97. The normalized spacial score (nSPS) is 9.43. The number of Topliss-reactive ketones (excluding diaryl/α,β-unsaturated/α-hetero) is 1. The molecule has 0 aliphatic rings. The quantitative estimate of drug-likeness (QED) is 0.607. The molecule has 0 saturated carbocycles. The van der Waals surface area contributed by atoms with Crippen LogP contribution >= 0.6 is 0 Å². The van der Waals surface area contributed by atoms with Gasteiger partial charge in [-0.1, -0.05) is 44.2 Å². The van der Waals surface area contributed by atoms with Gasteiger partial charge in [-0.3, -0.25) is 14.9 Å². The zero-order valence-corrected chi connectivity index (χ0v) is 12.3. The maximum atomic E-state index is 10.5. The number of nitro groups is 1. The molecule has 0 heterocycles. The standard InChI is InChI=1S/C12H9NO2.C5H10O/c14-13(15)12-8-6-11(7-9-12)10-4-2-1-3-5-10;1-3-5(6)4-2/h1-9H;3-4H2,1-2H3. The summed E-state index contributed by atoms with van der Waals surface area (Å²) in [5.41, 5.74) is 2.17. The van der Waals surface area contributed by atoms with Crippen molar-refractivity contribution >= 4 is 11.5 Å². The van der Waals surface area contributed by atoms with Crippen LogP contribution in [0.4, 0.5) is 5.69 Å². The third-order valence-electron chi connectivity index (χ3n) is 2.97. The molecule has 0 saturated heterocycles. The van der Waals surface area contributed by atoms with Gasteiger partial charge in [-0.25, -0.2) is 0 Å². The molecule has 0 radical (unpaired) electrons. The van der Waals surface area contributed by atoms with Gasteiger partial charge in [-0.15, -0.1) is 0 Å². The number of carbonyl (C=O) groups excluding carboxylic acids is 1. The van der Waals surface area contributed by atoms with E-state index in [-0.39, 0.29) is 5.69 Å². The second-order valence-electron chi connectivity index (χ2n) is 4.42. The lowest BCUT2D eigenvalue weighted by molar-refractivity contribution is -0.384. The van der Waals surface area contributed by atoms with Gasteiger partial charge < -0.3 is 0 Å². The van der Waals surface area contributed by atoms with Gasteiger partial charge >= 0.3 is 0 Å². The Morgan fingerprint density at radius 2 is 1.38 bits per heavy atom. The molecule has 0 aliphatic carbocycles. The monoisotopic (exact) mass is 285 g/mol. The number of carbonyl (C=O) groups is 1. The molecule has 2 aromatic rings. The Labute approximate surface area is 124 Å². The van der Waals surface area contributed by atoms with Crippen molar-refractivity contribution in [1.82, 2.24) is 0 Å². The highest BCUT2D eigenvalue weighted by atomic mass is 16.6. The first-order chi connectivity index (χ1) is 10.1. The van der Waals surface area contributed by atoms with Crippen molar-refractivity contribution in [2.75, 3.05) is 0 Å². The molecule has 2 rings (SSSR count). The Morgan fingerprint density at radius 3 is 1.76 bits per heavy atom. The average molecular weight is 285 g/mol. The Bertz CT molecular complexity index is 571. The van der Waals surface area contributed by atoms with Crippen molar-refractivity contribution in [1.29, 1.82) is 0 Å². The first-order valence-corrected chi connectivity index (χ1v) is 6.90. The van der Waals surface area contributed by atoms with E-state index in [9.17, 15) is 14.9 Å². The topological polar surface area (TPSA) is 60.2 Å². The van der Waals surface area contributed by atoms with E-state index >= 15 is 0 Å². The van der Waals surface area contributed by atoms with Gasteiger partial charge in [0.1, 0.15) is 5.78 Å². The lowest BCUT2D eigenvalue weighted by atomic mass is 10.1. The van der Waals surface area contributed by atoms with Crippen molar-refractivity contribution in [3.8, 4) is 11.1 Å². The fourth-order valence-electron chi connectivity index (χ4n) is 1.66. The summed E-state index contributed by atoms with van der Waals surface area (Å²) in [5, 5.41) is 10.5. The number of hydrogen-bond donors (Lipinski definition) is 0. The molecule has 0 aromatic heterocycles. The molecule has 0 fully saturated rings. The molecule has 21 heavy (non-hydrogen) atoms. The fourth-order valence-corrected chi connectivity index (χ4v) is 1.66. The van der Waals surface area contributed by atoms with Gasteiger partial charge in [0.15, 0.2) is 0 Å². The van der Waals surface area contributed by atoms with Crippen LogP contribution in [0.15, 0.2) is 54.6 Å². The van der Waals surface area contributed by atoms with Gasteiger partial charge in [0.25, 0.3) is 5.69 Å². The first kappa shape index (κ1) is 16.6. The highest BCUT2D eigenvalue weighted by Crippen LogP contribution is 2.21. The van der Waals surface area contributed by atoms with E-state index in [1.54, 1.807) is 12.1 Å². The smallest absolute Gasteiger partial charge is 0.269 e. The highest BCUT2D eigenvalue weighted by Gasteiger charge is 2.04. The summed E-state index contributed by atoms with van der Waals surface area (Å²) in [5.74, 6) is 0.343. The largest absolute Gasteiger partial charge is 0.300 e. The van der Waals surface area contributed by atoms with Crippen LogP contribution < -0.4 is 0 Å². The summed E-state index contributed by atoms with van der Waals surface area (Å²) < 4.78 is 0. The molecule has 4 nitrogen and oxygen atoms in total. The molecular formula is C17H19NO3. The second kappa shape index (κ2) is 8.64. The van der Waals surface area contributed by atoms with E-state index in [1.807, 2.05) is 44.2 Å². The van der Waals surface area contributed by atoms with Crippen LogP contribution in [0.2, 0.25) is 0 Å². The Balaban J connectivity index is 0.000000315. The van der Waals surface area contributed by atoms with E-state index in [4.69, 9.17) is 0 Å². The molecule has 0 amide bonds. The van der Waals surface area contributed by atoms with Crippen LogP contribution in [-0.2, 0) is 4.79 Å². The van der Waals surface area contributed by atoms with E-state index in [0.717, 1.165) is 11.1 Å². The SMILES string of the molecule is CCC(=O)CC.O=[N+]([O-])c1ccc(-c2ccccc2)cc1. The molecule has 110 valence electrons. The van der Waals surface area contributed by atoms with E-state index in [1.165, 1.54) is 12.1 Å². The number of nitro benzene ring substituents is 1. The lowest BCUT2D eigenvalue weighted by Crippen LogP contribution is -1.88. The number of benzene rings is 2. The molecule has 2 aromatic carbocycles. The number of ketones is 1. The molecular weight excluding hydrogens is 266 g/mol. The van der Waals surface area contributed by atoms with Gasteiger partial charge in [0, 0.05) is 25.0 Å². The number of hydrogen-bond acceptors (Lipinski definition) is 3. The van der Waals surface area contributed by atoms with Crippen molar-refractivity contribution in [2.45, 2.75) is 26.7 Å². The minimum Gasteiger partial charge on any atom is -0.300 e. The maximum absolute atomic E-state index is 10.5. The molecule has 4 heteroatoms. The maximum Gasteiger partial charge on any atom is 0.269 e. The summed E-state index contributed by atoms with van der Waals surface area (Å²) in [4.78, 5) is 20.2. The van der Waals surface area contributed by atoms with Crippen molar-refractivity contribution < 1.29 is 9.72 Å². The van der Waals surface area contributed by atoms with Gasteiger partial charge in [0.05, 0.1) is 4.92 Å². The van der Waals surface area contributed by atoms with Gasteiger partial charge in [-0.05, 0) is 23.3 Å². The van der Waals surface area contributed by atoms with Gasteiger partial charge in [-0.2, -0.15) is 0 Å². The van der Waals surface area contributed by atoms with Crippen LogP contribution in [0.3, 0.4) is 0 Å². The summed E-state index contributed by atoms with van der Waals surface area (Å²) in [6.45, 7) is 3.76. The van der Waals surface area contributed by atoms with E-state index < -0.39 is 4.92 Å². The Kier molecular flexibility index (Phi) is 6.81. The molecule has 0 N–H and O–H groups in total. The zero-order chi connectivity index (χ0) is 15.7. The first-order valence-electron chi connectivity index (χ1n) is 6.90. The zero-order valence-electron chi connectivity index (χ0n) is 12.3. The second-order valence-corrected chi connectivity index (χ2v) is 4.42. The van der Waals surface area contributed by atoms with Gasteiger partial charge in [0.2, 0.25) is 0 Å². The molecule has 0 bridgehead atoms. The van der Waals surface area contributed by atoms with E-state index in [2.05, 4.69) is 0 Å². The minimum absolute atomic E-state index is 0.120. The van der Waals surface area contributed by atoms with Crippen LogP contribution in [0.1, 0.15) is 26.7 Å². The van der Waals surface area contributed by atoms with Crippen molar-refractivity contribution in [3.63, 3.8) is 0 Å². The molecule has 0 atom stereocenters. The number of nitrogens with zero attached hydrogens (tertiary/aromatic N) is 1. The number of non-ortho nitro benzene ring substituents is 1. The predicted octanol–water partition coefficient (Wildman–Crippen LogP) is 4.64. The van der Waals surface area contributed by atoms with Crippen molar-refractivity contribution in [3.05, 3.63) is 64.7 Å². The van der Waals surface area contributed by atoms with Crippen LogP contribution in [0.25, 0.3) is 11.1 Å². The van der Waals surface area contributed by atoms with Crippen LogP contribution in [0, 0.1) is 10.1 Å². The summed E-state index contributed by atoms with van der Waals surface area (Å²) in [7, 11) is 0. The highest BCUT2D eigenvalue weighted by molar-refractivity contribution is 5.77. The van der Waals surface area contributed by atoms with Crippen molar-refractivity contribution in [2.24, 2.45) is 0 Å². The fraction of sp³-hybridized carbons (Fsp3) is 0.235. The van der Waals surface area contributed by atoms with Crippen LogP contribution in [0.5, 0.6) is 0 Å².